The summed E-state index contributed by atoms with van der Waals surface area (Å²) in [6.07, 6.45) is 2.89. The highest BCUT2D eigenvalue weighted by molar-refractivity contribution is 9.10. The minimum atomic E-state index is -0.253. The number of hydrogen-bond acceptors (Lipinski definition) is 1. The van der Waals surface area contributed by atoms with Gasteiger partial charge in [0, 0.05) is 24.4 Å². The third-order valence-corrected chi connectivity index (χ3v) is 4.80. The first-order valence-corrected chi connectivity index (χ1v) is 8.72. The zero-order valence-electron chi connectivity index (χ0n) is 12.7. The van der Waals surface area contributed by atoms with E-state index < -0.39 is 0 Å². The fourth-order valence-electron chi connectivity index (χ4n) is 2.75. The van der Waals surface area contributed by atoms with Crippen molar-refractivity contribution in [3.63, 3.8) is 0 Å². The molecule has 2 atom stereocenters. The number of nitrogens with zero attached hydrogens (tertiary/aromatic N) is 2. The molecule has 0 aliphatic heterocycles. The van der Waals surface area contributed by atoms with Gasteiger partial charge in [-0.2, -0.15) is 0 Å². The molecule has 1 aromatic heterocycles. The minimum absolute atomic E-state index is 0.253. The van der Waals surface area contributed by atoms with Gasteiger partial charge in [0.25, 0.3) is 0 Å². The van der Waals surface area contributed by atoms with Crippen molar-refractivity contribution < 1.29 is 4.39 Å². The molecule has 1 heterocycles. The van der Waals surface area contributed by atoms with Crippen molar-refractivity contribution >= 4 is 38.6 Å². The number of fused-ring (bicyclic) bond motifs is 1. The van der Waals surface area contributed by atoms with Crippen molar-refractivity contribution in [3.8, 4) is 0 Å². The van der Waals surface area contributed by atoms with Crippen LogP contribution in [0.15, 0.2) is 16.6 Å². The maximum absolute atomic E-state index is 13.9. The second-order valence-corrected chi connectivity index (χ2v) is 6.92. The molecule has 2 rings (SSSR count). The predicted molar refractivity (Wildman–Crippen MR) is 90.6 cm³/mol. The Morgan fingerprint density at radius 1 is 1.38 bits per heavy atom. The number of benzene rings is 1. The van der Waals surface area contributed by atoms with Crippen LogP contribution in [0.3, 0.4) is 0 Å². The highest BCUT2D eigenvalue weighted by Gasteiger charge is 2.18. The summed E-state index contributed by atoms with van der Waals surface area (Å²) in [5.74, 6) is 1.83. The van der Waals surface area contributed by atoms with E-state index in [0.717, 1.165) is 29.7 Å². The zero-order chi connectivity index (χ0) is 15.6. The van der Waals surface area contributed by atoms with Gasteiger partial charge in [0.2, 0.25) is 0 Å². The summed E-state index contributed by atoms with van der Waals surface area (Å²) < 4.78 is 16.5. The van der Waals surface area contributed by atoms with E-state index in [-0.39, 0.29) is 11.9 Å². The molecule has 0 saturated heterocycles. The van der Waals surface area contributed by atoms with E-state index in [1.807, 2.05) is 0 Å². The lowest BCUT2D eigenvalue weighted by Gasteiger charge is -2.20. The Bertz CT molecular complexity index is 626. The molecule has 1 aromatic carbocycles. The number of hydrogen-bond donors (Lipinski definition) is 0. The van der Waals surface area contributed by atoms with Gasteiger partial charge in [-0.3, -0.25) is 0 Å². The van der Waals surface area contributed by atoms with Gasteiger partial charge >= 0.3 is 0 Å². The van der Waals surface area contributed by atoms with Crippen LogP contribution in [0.25, 0.3) is 11.0 Å². The Labute approximate surface area is 138 Å². The number of halogens is 3. The largest absolute Gasteiger partial charge is 0.325 e. The van der Waals surface area contributed by atoms with Gasteiger partial charge in [-0.1, -0.05) is 20.3 Å². The second kappa shape index (κ2) is 7.10. The van der Waals surface area contributed by atoms with Crippen LogP contribution in [0.5, 0.6) is 0 Å². The molecule has 0 aliphatic rings. The van der Waals surface area contributed by atoms with E-state index in [1.54, 1.807) is 12.1 Å². The predicted octanol–water partition coefficient (Wildman–Crippen LogP) is 5.72. The highest BCUT2D eigenvalue weighted by atomic mass is 79.9. The van der Waals surface area contributed by atoms with E-state index >= 15 is 0 Å². The zero-order valence-corrected chi connectivity index (χ0v) is 15.0. The fraction of sp³-hybridized carbons (Fsp3) is 0.562. The fourth-order valence-corrected chi connectivity index (χ4v) is 3.25. The van der Waals surface area contributed by atoms with Crippen LogP contribution < -0.4 is 0 Å². The molecule has 2 unspecified atom stereocenters. The lowest BCUT2D eigenvalue weighted by molar-refractivity contribution is 0.397. The molecule has 0 fully saturated rings. The lowest BCUT2D eigenvalue weighted by Crippen LogP contribution is -2.13. The first-order valence-electron chi connectivity index (χ1n) is 7.39. The van der Waals surface area contributed by atoms with Crippen LogP contribution in [0.1, 0.15) is 45.5 Å². The summed E-state index contributed by atoms with van der Waals surface area (Å²) in [7, 11) is 0. The van der Waals surface area contributed by atoms with Gasteiger partial charge < -0.3 is 4.57 Å². The minimum Gasteiger partial charge on any atom is -0.325 e. The van der Waals surface area contributed by atoms with Gasteiger partial charge in [-0.15, -0.1) is 11.6 Å². The average molecular weight is 376 g/mol. The molecule has 116 valence electrons. The lowest BCUT2D eigenvalue weighted by atomic mass is 10.00. The molecule has 5 heteroatoms. The van der Waals surface area contributed by atoms with E-state index in [0.29, 0.717) is 22.7 Å². The molecule has 0 saturated carbocycles. The molecule has 0 amide bonds. The smallest absolute Gasteiger partial charge is 0.139 e. The molecule has 2 nitrogen and oxygen atoms in total. The highest BCUT2D eigenvalue weighted by Crippen LogP contribution is 2.30. The number of aryl methyl sites for hydroxylation is 1. The molecule has 0 radical (unpaired) electrons. The van der Waals surface area contributed by atoms with Crippen LogP contribution in [0, 0.1) is 11.7 Å². The molecule has 0 N–H and O–H groups in total. The van der Waals surface area contributed by atoms with E-state index in [9.17, 15) is 4.39 Å². The Morgan fingerprint density at radius 2 is 2.10 bits per heavy atom. The summed E-state index contributed by atoms with van der Waals surface area (Å²) in [6.45, 7) is 6.61. The van der Waals surface area contributed by atoms with Crippen LogP contribution in [-0.4, -0.2) is 15.4 Å². The molecular weight excluding hydrogens is 355 g/mol. The monoisotopic (exact) mass is 374 g/mol. The summed E-state index contributed by atoms with van der Waals surface area (Å²) in [4.78, 5) is 4.64. The summed E-state index contributed by atoms with van der Waals surface area (Å²) in [5, 5.41) is 0. The molecular formula is C16H21BrClFN2. The molecule has 2 aromatic rings. The Morgan fingerprint density at radius 3 is 2.71 bits per heavy atom. The van der Waals surface area contributed by atoms with Crippen molar-refractivity contribution in [3.05, 3.63) is 28.2 Å². The number of alkyl halides is 1. The first kappa shape index (κ1) is 16.8. The van der Waals surface area contributed by atoms with E-state index in [1.165, 1.54) is 0 Å². The van der Waals surface area contributed by atoms with E-state index in [4.69, 9.17) is 11.6 Å². The third-order valence-electron chi connectivity index (χ3n) is 4.00. The third kappa shape index (κ3) is 3.59. The summed E-state index contributed by atoms with van der Waals surface area (Å²) in [6, 6.07) is 3.59. The van der Waals surface area contributed by atoms with Crippen LogP contribution >= 0.6 is 27.5 Å². The van der Waals surface area contributed by atoms with Gasteiger partial charge in [0.15, 0.2) is 0 Å². The van der Waals surface area contributed by atoms with Crippen molar-refractivity contribution in [2.24, 2.45) is 5.92 Å². The number of aromatic nitrogens is 2. The Kier molecular flexibility index (Phi) is 5.67. The maximum Gasteiger partial charge on any atom is 0.139 e. The Balaban J connectivity index is 2.52. The number of rotatable bonds is 6. The molecule has 21 heavy (non-hydrogen) atoms. The SMILES string of the molecule is CCC(C)CC(C)n1c(CCCl)nc2cc(Br)c(F)cc21. The molecule has 0 spiro atoms. The topological polar surface area (TPSA) is 17.8 Å². The van der Waals surface area contributed by atoms with Crippen molar-refractivity contribution in [2.45, 2.75) is 46.1 Å². The van der Waals surface area contributed by atoms with Crippen LogP contribution in [-0.2, 0) is 6.42 Å². The van der Waals surface area contributed by atoms with Crippen molar-refractivity contribution in [1.82, 2.24) is 9.55 Å². The van der Waals surface area contributed by atoms with Crippen molar-refractivity contribution in [1.29, 1.82) is 0 Å². The Hall–Kier alpha value is -0.610. The summed E-state index contributed by atoms with van der Waals surface area (Å²) >= 11 is 9.13. The van der Waals surface area contributed by atoms with Gasteiger partial charge in [-0.25, -0.2) is 9.37 Å². The maximum atomic E-state index is 13.9. The quantitative estimate of drug-likeness (QED) is 0.591. The molecule has 0 bridgehead atoms. The normalized spacial score (nSPS) is 14.6. The second-order valence-electron chi connectivity index (χ2n) is 5.69. The van der Waals surface area contributed by atoms with Gasteiger partial charge in [-0.05, 0) is 41.3 Å². The first-order chi connectivity index (χ1) is 9.97. The average Bonchev–Trinajstić information content (AvgIpc) is 2.76. The van der Waals surface area contributed by atoms with E-state index in [2.05, 4.69) is 46.3 Å². The standard InChI is InChI=1S/C16H21BrClFN2/c1-4-10(2)7-11(3)21-15-9-13(19)12(17)8-14(15)20-16(21)5-6-18/h8-11H,4-7H2,1-3H3. The van der Waals surface area contributed by atoms with Gasteiger partial charge in [0.1, 0.15) is 11.6 Å². The molecule has 0 aliphatic carbocycles. The van der Waals surface area contributed by atoms with Crippen LogP contribution in [0.4, 0.5) is 4.39 Å². The summed E-state index contributed by atoms with van der Waals surface area (Å²) in [5.41, 5.74) is 1.67. The van der Waals surface area contributed by atoms with Crippen molar-refractivity contribution in [2.75, 3.05) is 5.88 Å². The number of imidazole rings is 1. The van der Waals surface area contributed by atoms with Crippen LogP contribution in [0.2, 0.25) is 0 Å². The van der Waals surface area contributed by atoms with Gasteiger partial charge in [0.05, 0.1) is 15.5 Å².